The second kappa shape index (κ2) is 5.54. The molecular formula is C16H17ClN2O2S2. The van der Waals surface area contributed by atoms with Crippen LogP contribution in [-0.4, -0.2) is 14.0 Å². The quantitative estimate of drug-likeness (QED) is 0.817. The van der Waals surface area contributed by atoms with Crippen molar-refractivity contribution in [1.29, 1.82) is 0 Å². The van der Waals surface area contributed by atoms with Gasteiger partial charge in [-0.1, -0.05) is 17.7 Å². The number of halogens is 1. The standard InChI is InChI=1S/C16H17ClN2O2S2/c1-10-9-16(2,3)18-13-5-4-11(8-12(10)13)19-23(20,21)15-7-6-14(17)22-15/h4-9,18-19H,1-3H3. The molecule has 23 heavy (non-hydrogen) atoms. The van der Waals surface area contributed by atoms with Gasteiger partial charge < -0.3 is 5.32 Å². The number of thiophene rings is 1. The van der Waals surface area contributed by atoms with Crippen LogP contribution in [0.4, 0.5) is 11.4 Å². The van der Waals surface area contributed by atoms with Gasteiger partial charge in [0.15, 0.2) is 0 Å². The molecule has 0 atom stereocenters. The Hall–Kier alpha value is -1.50. The van der Waals surface area contributed by atoms with Crippen LogP contribution in [0.5, 0.6) is 0 Å². The Labute approximate surface area is 145 Å². The molecule has 4 nitrogen and oxygen atoms in total. The van der Waals surface area contributed by atoms with Crippen LogP contribution in [-0.2, 0) is 10.0 Å². The summed E-state index contributed by atoms with van der Waals surface area (Å²) in [6, 6.07) is 8.58. The van der Waals surface area contributed by atoms with E-state index in [9.17, 15) is 8.42 Å². The van der Waals surface area contributed by atoms with Gasteiger partial charge in [0.25, 0.3) is 10.0 Å². The zero-order chi connectivity index (χ0) is 16.8. The zero-order valence-corrected chi connectivity index (χ0v) is 15.4. The molecule has 0 aliphatic carbocycles. The summed E-state index contributed by atoms with van der Waals surface area (Å²) in [5, 5.41) is 3.42. The summed E-state index contributed by atoms with van der Waals surface area (Å²) in [4.78, 5) is 0. The van der Waals surface area contributed by atoms with Crippen LogP contribution in [0.1, 0.15) is 26.3 Å². The maximum atomic E-state index is 12.4. The lowest BCUT2D eigenvalue weighted by Crippen LogP contribution is -2.31. The number of nitrogens with one attached hydrogen (secondary N) is 2. The van der Waals surface area contributed by atoms with E-state index in [4.69, 9.17) is 11.6 Å². The third kappa shape index (κ3) is 3.39. The Kier molecular flexibility index (Phi) is 3.94. The first-order valence-electron chi connectivity index (χ1n) is 7.06. The van der Waals surface area contributed by atoms with E-state index < -0.39 is 10.0 Å². The highest BCUT2D eigenvalue weighted by molar-refractivity contribution is 7.94. The Morgan fingerprint density at radius 2 is 1.96 bits per heavy atom. The minimum absolute atomic E-state index is 0.119. The summed E-state index contributed by atoms with van der Waals surface area (Å²) >= 11 is 6.85. The van der Waals surface area contributed by atoms with Crippen LogP contribution in [0, 0.1) is 0 Å². The van der Waals surface area contributed by atoms with E-state index in [2.05, 4.69) is 30.0 Å². The van der Waals surface area contributed by atoms with Crippen molar-refractivity contribution in [2.24, 2.45) is 0 Å². The fourth-order valence-corrected chi connectivity index (χ4v) is 5.22. The average Bonchev–Trinajstić information content (AvgIpc) is 2.86. The van der Waals surface area contributed by atoms with Crippen LogP contribution in [0.2, 0.25) is 4.34 Å². The van der Waals surface area contributed by atoms with Gasteiger partial charge in [0, 0.05) is 16.9 Å². The lowest BCUT2D eigenvalue weighted by molar-refractivity contribution is 0.603. The molecule has 2 aromatic rings. The number of hydrogen-bond donors (Lipinski definition) is 2. The fourth-order valence-electron chi connectivity index (χ4n) is 2.69. The minimum Gasteiger partial charge on any atom is -0.376 e. The van der Waals surface area contributed by atoms with E-state index in [-0.39, 0.29) is 9.75 Å². The van der Waals surface area contributed by atoms with Crippen molar-refractivity contribution < 1.29 is 8.42 Å². The predicted octanol–water partition coefficient (Wildman–Crippen LogP) is 4.81. The summed E-state index contributed by atoms with van der Waals surface area (Å²) in [7, 11) is -3.62. The summed E-state index contributed by atoms with van der Waals surface area (Å²) < 4.78 is 28.0. The Bertz CT molecular complexity index is 899. The van der Waals surface area contributed by atoms with Gasteiger partial charge in [-0.25, -0.2) is 8.42 Å². The smallest absolute Gasteiger partial charge is 0.271 e. The van der Waals surface area contributed by atoms with Gasteiger partial charge in [-0.3, -0.25) is 4.72 Å². The highest BCUT2D eigenvalue weighted by Gasteiger charge is 2.23. The third-order valence-electron chi connectivity index (χ3n) is 3.54. The number of anilines is 2. The van der Waals surface area contributed by atoms with Crippen molar-refractivity contribution in [3.05, 3.63) is 46.3 Å². The van der Waals surface area contributed by atoms with Crippen LogP contribution < -0.4 is 10.0 Å². The summed E-state index contributed by atoms with van der Waals surface area (Å²) in [5.74, 6) is 0. The molecule has 3 rings (SSSR count). The number of hydrogen-bond acceptors (Lipinski definition) is 4. The minimum atomic E-state index is -3.62. The van der Waals surface area contributed by atoms with Crippen molar-refractivity contribution in [2.75, 3.05) is 10.0 Å². The molecule has 1 aromatic carbocycles. The van der Waals surface area contributed by atoms with E-state index in [1.807, 2.05) is 19.1 Å². The molecule has 1 aromatic heterocycles. The largest absolute Gasteiger partial charge is 0.376 e. The van der Waals surface area contributed by atoms with Crippen molar-refractivity contribution in [3.8, 4) is 0 Å². The molecule has 0 fully saturated rings. The Balaban J connectivity index is 1.93. The maximum absolute atomic E-state index is 12.4. The molecule has 0 radical (unpaired) electrons. The first-order chi connectivity index (χ1) is 10.7. The number of rotatable bonds is 3. The molecule has 0 spiro atoms. The fraction of sp³-hybridized carbons (Fsp3) is 0.250. The summed E-state index contributed by atoms with van der Waals surface area (Å²) in [6.45, 7) is 6.21. The molecule has 0 amide bonds. The highest BCUT2D eigenvalue weighted by Crippen LogP contribution is 2.36. The van der Waals surface area contributed by atoms with Gasteiger partial charge in [-0.15, -0.1) is 11.3 Å². The van der Waals surface area contributed by atoms with Crippen molar-refractivity contribution >= 4 is 49.9 Å². The Morgan fingerprint density at radius 1 is 1.22 bits per heavy atom. The SMILES string of the molecule is CC1=CC(C)(C)Nc2ccc(NS(=O)(=O)c3ccc(Cl)s3)cc21. The van der Waals surface area contributed by atoms with Gasteiger partial charge in [0.1, 0.15) is 4.21 Å². The number of benzene rings is 1. The van der Waals surface area contributed by atoms with Crippen LogP contribution in [0.3, 0.4) is 0 Å². The topological polar surface area (TPSA) is 58.2 Å². The molecule has 0 saturated heterocycles. The molecular weight excluding hydrogens is 352 g/mol. The van der Waals surface area contributed by atoms with Crippen molar-refractivity contribution in [3.63, 3.8) is 0 Å². The molecule has 2 N–H and O–H groups in total. The molecule has 122 valence electrons. The van der Waals surface area contributed by atoms with Crippen LogP contribution >= 0.6 is 22.9 Å². The van der Waals surface area contributed by atoms with E-state index in [0.29, 0.717) is 10.0 Å². The second-order valence-corrected chi connectivity index (χ2v) is 9.72. The molecule has 7 heteroatoms. The van der Waals surface area contributed by atoms with E-state index in [0.717, 1.165) is 28.2 Å². The van der Waals surface area contributed by atoms with E-state index >= 15 is 0 Å². The summed E-state index contributed by atoms with van der Waals surface area (Å²) in [6.07, 6.45) is 2.13. The molecule has 1 aliphatic heterocycles. The van der Waals surface area contributed by atoms with Gasteiger partial charge >= 0.3 is 0 Å². The van der Waals surface area contributed by atoms with Gasteiger partial charge in [0.2, 0.25) is 0 Å². The zero-order valence-electron chi connectivity index (χ0n) is 13.0. The number of fused-ring (bicyclic) bond motifs is 1. The summed E-state index contributed by atoms with van der Waals surface area (Å²) in [5.41, 5.74) is 3.52. The molecule has 1 aliphatic rings. The highest BCUT2D eigenvalue weighted by atomic mass is 35.5. The second-order valence-electron chi connectivity index (χ2n) is 6.10. The van der Waals surface area contributed by atoms with Gasteiger partial charge in [0.05, 0.1) is 9.88 Å². The molecule has 2 heterocycles. The van der Waals surface area contributed by atoms with Crippen LogP contribution in [0.25, 0.3) is 5.57 Å². The average molecular weight is 369 g/mol. The predicted molar refractivity (Wildman–Crippen MR) is 97.9 cm³/mol. The van der Waals surface area contributed by atoms with E-state index in [1.54, 1.807) is 12.1 Å². The maximum Gasteiger partial charge on any atom is 0.271 e. The monoisotopic (exact) mass is 368 g/mol. The van der Waals surface area contributed by atoms with Gasteiger partial charge in [-0.2, -0.15) is 0 Å². The third-order valence-corrected chi connectivity index (χ3v) is 6.65. The number of sulfonamides is 1. The first-order valence-corrected chi connectivity index (χ1v) is 9.74. The lowest BCUT2D eigenvalue weighted by atomic mass is 9.91. The first kappa shape index (κ1) is 16.4. The van der Waals surface area contributed by atoms with Crippen LogP contribution in [0.15, 0.2) is 40.6 Å². The molecule has 0 saturated carbocycles. The van der Waals surface area contributed by atoms with Crippen molar-refractivity contribution in [2.45, 2.75) is 30.5 Å². The van der Waals surface area contributed by atoms with E-state index in [1.165, 1.54) is 6.07 Å². The lowest BCUT2D eigenvalue weighted by Gasteiger charge is -2.31. The van der Waals surface area contributed by atoms with Crippen molar-refractivity contribution in [1.82, 2.24) is 0 Å². The molecule has 0 unspecified atom stereocenters. The van der Waals surface area contributed by atoms with Gasteiger partial charge in [-0.05, 0) is 56.7 Å². The number of allylic oxidation sites excluding steroid dienone is 1. The normalized spacial score (nSPS) is 16.3. The molecule has 0 bridgehead atoms. The Morgan fingerprint density at radius 3 is 2.61 bits per heavy atom.